The molecular formula is C23H21NO3. The molecule has 3 aromatic carbocycles. The summed E-state index contributed by atoms with van der Waals surface area (Å²) in [6.07, 6.45) is -0.613. The number of hydrogen-bond acceptors (Lipinski definition) is 3. The zero-order chi connectivity index (χ0) is 19.0. The minimum atomic E-state index is -0.613. The van der Waals surface area contributed by atoms with Gasteiger partial charge in [0.05, 0.1) is 0 Å². The first-order chi connectivity index (χ1) is 13.0. The van der Waals surface area contributed by atoms with Crippen molar-refractivity contribution >= 4 is 33.5 Å². The predicted molar refractivity (Wildman–Crippen MR) is 108 cm³/mol. The van der Waals surface area contributed by atoms with E-state index >= 15 is 0 Å². The predicted octanol–water partition coefficient (Wildman–Crippen LogP) is 5.61. The molecule has 0 fully saturated rings. The van der Waals surface area contributed by atoms with Crippen LogP contribution in [-0.4, -0.2) is 12.0 Å². The number of aryl methyl sites for hydroxylation is 2. The van der Waals surface area contributed by atoms with Crippen molar-refractivity contribution in [1.29, 1.82) is 0 Å². The van der Waals surface area contributed by atoms with Crippen LogP contribution in [0.5, 0.6) is 5.75 Å². The number of amides is 1. The van der Waals surface area contributed by atoms with Crippen molar-refractivity contribution in [3.63, 3.8) is 0 Å². The van der Waals surface area contributed by atoms with Gasteiger partial charge in [0.1, 0.15) is 16.9 Å². The third-order valence-corrected chi connectivity index (χ3v) is 4.65. The number of anilines is 1. The SMILES string of the molecule is Cc1ccc(OC(C)C(=O)Nc2ccc3c(c2)oc2ccccc23)c(C)c1. The number of ether oxygens (including phenoxy) is 1. The average Bonchev–Trinajstić information content (AvgIpc) is 3.01. The Morgan fingerprint density at radius 2 is 1.74 bits per heavy atom. The van der Waals surface area contributed by atoms with Gasteiger partial charge in [0.25, 0.3) is 5.91 Å². The van der Waals surface area contributed by atoms with E-state index in [1.54, 1.807) is 6.92 Å². The smallest absolute Gasteiger partial charge is 0.265 e. The van der Waals surface area contributed by atoms with Crippen LogP contribution in [0.15, 0.2) is 65.1 Å². The molecule has 0 aliphatic heterocycles. The number of fused-ring (bicyclic) bond motifs is 3. The minimum absolute atomic E-state index is 0.203. The van der Waals surface area contributed by atoms with Crippen LogP contribution in [0, 0.1) is 13.8 Å². The first kappa shape index (κ1) is 17.2. The van der Waals surface area contributed by atoms with Gasteiger partial charge in [-0.25, -0.2) is 0 Å². The summed E-state index contributed by atoms with van der Waals surface area (Å²) in [6, 6.07) is 19.5. The van der Waals surface area contributed by atoms with Gasteiger partial charge in [-0.15, -0.1) is 0 Å². The lowest BCUT2D eigenvalue weighted by Gasteiger charge is -2.16. The summed E-state index contributed by atoms with van der Waals surface area (Å²) < 4.78 is 11.7. The maximum Gasteiger partial charge on any atom is 0.265 e. The van der Waals surface area contributed by atoms with Crippen molar-refractivity contribution in [2.45, 2.75) is 26.9 Å². The third-order valence-electron chi connectivity index (χ3n) is 4.65. The Hall–Kier alpha value is -3.27. The molecular weight excluding hydrogens is 338 g/mol. The lowest BCUT2D eigenvalue weighted by atomic mass is 10.1. The second-order valence-corrected chi connectivity index (χ2v) is 6.83. The molecule has 4 rings (SSSR count). The fraction of sp³-hybridized carbons (Fsp3) is 0.174. The second-order valence-electron chi connectivity index (χ2n) is 6.83. The Morgan fingerprint density at radius 3 is 2.56 bits per heavy atom. The Morgan fingerprint density at radius 1 is 0.963 bits per heavy atom. The number of benzene rings is 3. The van der Waals surface area contributed by atoms with Gasteiger partial charge in [0.2, 0.25) is 0 Å². The van der Waals surface area contributed by atoms with E-state index < -0.39 is 6.10 Å². The summed E-state index contributed by atoms with van der Waals surface area (Å²) in [5, 5.41) is 5.00. The zero-order valence-corrected chi connectivity index (χ0v) is 15.6. The van der Waals surface area contributed by atoms with Crippen molar-refractivity contribution in [1.82, 2.24) is 0 Å². The lowest BCUT2D eigenvalue weighted by Crippen LogP contribution is -2.30. The molecule has 1 atom stereocenters. The molecule has 136 valence electrons. The van der Waals surface area contributed by atoms with Crippen molar-refractivity contribution in [3.05, 3.63) is 71.8 Å². The van der Waals surface area contributed by atoms with Gasteiger partial charge in [0, 0.05) is 22.5 Å². The summed E-state index contributed by atoms with van der Waals surface area (Å²) in [6.45, 7) is 5.75. The van der Waals surface area contributed by atoms with Crippen LogP contribution < -0.4 is 10.1 Å². The van der Waals surface area contributed by atoms with E-state index in [1.165, 1.54) is 0 Å². The summed E-state index contributed by atoms with van der Waals surface area (Å²) >= 11 is 0. The highest BCUT2D eigenvalue weighted by Gasteiger charge is 2.17. The van der Waals surface area contributed by atoms with Gasteiger partial charge < -0.3 is 14.5 Å². The molecule has 4 nitrogen and oxygen atoms in total. The maximum absolute atomic E-state index is 12.5. The van der Waals surface area contributed by atoms with E-state index in [1.807, 2.05) is 74.5 Å². The number of nitrogens with one attached hydrogen (secondary N) is 1. The van der Waals surface area contributed by atoms with E-state index in [4.69, 9.17) is 9.15 Å². The lowest BCUT2D eigenvalue weighted by molar-refractivity contribution is -0.122. The zero-order valence-electron chi connectivity index (χ0n) is 15.6. The summed E-state index contributed by atoms with van der Waals surface area (Å²) in [4.78, 5) is 12.5. The molecule has 1 N–H and O–H groups in total. The molecule has 1 unspecified atom stereocenters. The highest BCUT2D eigenvalue weighted by molar-refractivity contribution is 6.06. The monoisotopic (exact) mass is 359 g/mol. The molecule has 0 spiro atoms. The van der Waals surface area contributed by atoms with Crippen LogP contribution in [0.1, 0.15) is 18.1 Å². The molecule has 0 aliphatic rings. The molecule has 27 heavy (non-hydrogen) atoms. The van der Waals surface area contributed by atoms with Crippen molar-refractivity contribution in [2.75, 3.05) is 5.32 Å². The molecule has 4 aromatic rings. The number of carbonyl (C=O) groups is 1. The molecule has 0 radical (unpaired) electrons. The molecule has 1 aromatic heterocycles. The van der Waals surface area contributed by atoms with Gasteiger partial charge in [-0.2, -0.15) is 0 Å². The molecule has 4 heteroatoms. The molecule has 0 bridgehead atoms. The molecule has 0 saturated heterocycles. The van der Waals surface area contributed by atoms with Gasteiger partial charge in [-0.3, -0.25) is 4.79 Å². The standard InChI is InChI=1S/C23H21NO3/c1-14-8-11-20(15(2)12-14)26-16(3)23(25)24-17-9-10-19-18-6-4-5-7-21(18)27-22(19)13-17/h4-13,16H,1-3H3,(H,24,25). The summed E-state index contributed by atoms with van der Waals surface area (Å²) in [5.74, 6) is 0.515. The first-order valence-corrected chi connectivity index (χ1v) is 8.97. The van der Waals surface area contributed by atoms with E-state index in [0.29, 0.717) is 5.69 Å². The Balaban J connectivity index is 1.52. The first-order valence-electron chi connectivity index (χ1n) is 8.97. The van der Waals surface area contributed by atoms with Crippen molar-refractivity contribution in [2.24, 2.45) is 0 Å². The van der Waals surface area contributed by atoms with Crippen LogP contribution in [0.25, 0.3) is 21.9 Å². The highest BCUT2D eigenvalue weighted by Crippen LogP contribution is 2.30. The fourth-order valence-electron chi connectivity index (χ4n) is 3.22. The number of rotatable bonds is 4. The summed E-state index contributed by atoms with van der Waals surface area (Å²) in [5.41, 5.74) is 4.44. The fourth-order valence-corrected chi connectivity index (χ4v) is 3.22. The normalized spacial score (nSPS) is 12.3. The van der Waals surface area contributed by atoms with Gasteiger partial charge in [-0.1, -0.05) is 35.9 Å². The van der Waals surface area contributed by atoms with E-state index in [0.717, 1.165) is 38.8 Å². The van der Waals surface area contributed by atoms with Crippen LogP contribution >= 0.6 is 0 Å². The molecule has 0 aliphatic carbocycles. The van der Waals surface area contributed by atoms with E-state index in [-0.39, 0.29) is 5.91 Å². The topological polar surface area (TPSA) is 51.5 Å². The number of furan rings is 1. The van der Waals surface area contributed by atoms with Crippen LogP contribution in [0.4, 0.5) is 5.69 Å². The van der Waals surface area contributed by atoms with E-state index in [9.17, 15) is 4.79 Å². The molecule has 1 heterocycles. The van der Waals surface area contributed by atoms with Crippen LogP contribution in [-0.2, 0) is 4.79 Å². The number of para-hydroxylation sites is 1. The number of hydrogen-bond donors (Lipinski definition) is 1. The maximum atomic E-state index is 12.5. The van der Waals surface area contributed by atoms with Crippen molar-refractivity contribution < 1.29 is 13.9 Å². The third kappa shape index (κ3) is 3.38. The van der Waals surface area contributed by atoms with Gasteiger partial charge >= 0.3 is 0 Å². The van der Waals surface area contributed by atoms with Crippen LogP contribution in [0.3, 0.4) is 0 Å². The molecule has 0 saturated carbocycles. The van der Waals surface area contributed by atoms with Crippen LogP contribution in [0.2, 0.25) is 0 Å². The average molecular weight is 359 g/mol. The largest absolute Gasteiger partial charge is 0.481 e. The number of carbonyl (C=O) groups excluding carboxylic acids is 1. The molecule has 1 amide bonds. The van der Waals surface area contributed by atoms with Gasteiger partial charge in [0.15, 0.2) is 6.10 Å². The summed E-state index contributed by atoms with van der Waals surface area (Å²) in [7, 11) is 0. The quantitative estimate of drug-likeness (QED) is 0.515. The van der Waals surface area contributed by atoms with E-state index in [2.05, 4.69) is 5.32 Å². The van der Waals surface area contributed by atoms with Gasteiger partial charge in [-0.05, 0) is 50.6 Å². The Bertz CT molecular complexity index is 1140. The Kier molecular flexibility index (Phi) is 4.32. The Labute approximate surface area is 157 Å². The highest BCUT2D eigenvalue weighted by atomic mass is 16.5. The second kappa shape index (κ2) is 6.80. The minimum Gasteiger partial charge on any atom is -0.481 e. The van der Waals surface area contributed by atoms with Crippen molar-refractivity contribution in [3.8, 4) is 5.75 Å².